The van der Waals surface area contributed by atoms with Crippen LogP contribution in [0.4, 0.5) is 5.69 Å². The van der Waals surface area contributed by atoms with Crippen molar-refractivity contribution >= 4 is 17.3 Å². The number of rotatable bonds is 3. The lowest BCUT2D eigenvalue weighted by molar-refractivity contribution is 0.121. The van der Waals surface area contributed by atoms with Gasteiger partial charge in [0, 0.05) is 6.61 Å². The minimum atomic E-state index is -0.261. The highest BCUT2D eigenvalue weighted by molar-refractivity contribution is 6.32. The minimum Gasteiger partial charge on any atom is -0.377 e. The van der Waals surface area contributed by atoms with Gasteiger partial charge in [-0.25, -0.2) is 4.68 Å². The van der Waals surface area contributed by atoms with E-state index >= 15 is 0 Å². The predicted molar refractivity (Wildman–Crippen MR) is 71.3 cm³/mol. The maximum absolute atomic E-state index is 12.0. The molecular formula is C12H18ClN3O2. The van der Waals surface area contributed by atoms with Crippen molar-refractivity contribution in [2.75, 3.05) is 11.9 Å². The summed E-state index contributed by atoms with van der Waals surface area (Å²) in [6.45, 7) is 6.52. The zero-order valence-electron chi connectivity index (χ0n) is 10.8. The molecular weight excluding hydrogens is 254 g/mol. The van der Waals surface area contributed by atoms with Gasteiger partial charge in [-0.15, -0.1) is 0 Å². The van der Waals surface area contributed by atoms with E-state index in [4.69, 9.17) is 16.3 Å². The molecule has 1 saturated heterocycles. The van der Waals surface area contributed by atoms with Gasteiger partial charge < -0.3 is 10.1 Å². The summed E-state index contributed by atoms with van der Waals surface area (Å²) >= 11 is 6.09. The van der Waals surface area contributed by atoms with Gasteiger partial charge in [0.15, 0.2) is 0 Å². The van der Waals surface area contributed by atoms with Crippen molar-refractivity contribution in [2.24, 2.45) is 0 Å². The van der Waals surface area contributed by atoms with Crippen LogP contribution in [0.1, 0.15) is 33.2 Å². The van der Waals surface area contributed by atoms with E-state index in [0.717, 1.165) is 13.0 Å². The van der Waals surface area contributed by atoms with E-state index in [1.165, 1.54) is 4.68 Å². The molecule has 6 heteroatoms. The zero-order chi connectivity index (χ0) is 13.3. The van der Waals surface area contributed by atoms with Gasteiger partial charge in [0.05, 0.1) is 30.1 Å². The maximum atomic E-state index is 12.0. The largest absolute Gasteiger partial charge is 0.377 e. The second-order valence-corrected chi connectivity index (χ2v) is 5.21. The first kappa shape index (κ1) is 13.4. The smallest absolute Gasteiger partial charge is 0.287 e. The molecule has 0 amide bonds. The van der Waals surface area contributed by atoms with Gasteiger partial charge in [-0.2, -0.15) is 5.10 Å². The number of halogens is 1. The summed E-state index contributed by atoms with van der Waals surface area (Å²) in [5.74, 6) is 0. The van der Waals surface area contributed by atoms with Crippen LogP contribution in [0.5, 0.6) is 0 Å². The summed E-state index contributed by atoms with van der Waals surface area (Å²) in [6, 6.07) is 0.177. The second kappa shape index (κ2) is 5.28. The molecule has 5 nitrogen and oxygen atoms in total. The first-order chi connectivity index (χ1) is 8.50. The van der Waals surface area contributed by atoms with Crippen molar-refractivity contribution in [3.05, 3.63) is 21.6 Å². The number of nitrogens with one attached hydrogen (secondary N) is 1. The van der Waals surface area contributed by atoms with Crippen molar-refractivity contribution in [1.82, 2.24) is 9.78 Å². The molecule has 18 heavy (non-hydrogen) atoms. The number of ether oxygens (including phenoxy) is 1. The molecule has 1 aliphatic heterocycles. The molecule has 2 rings (SSSR count). The van der Waals surface area contributed by atoms with Crippen LogP contribution in [0.25, 0.3) is 0 Å². The average molecular weight is 272 g/mol. The molecule has 0 bridgehead atoms. The third-order valence-corrected chi connectivity index (χ3v) is 3.52. The normalized spacial score (nSPS) is 23.6. The van der Waals surface area contributed by atoms with Gasteiger partial charge in [0.25, 0.3) is 5.56 Å². The molecule has 1 aromatic heterocycles. The van der Waals surface area contributed by atoms with Gasteiger partial charge in [-0.05, 0) is 27.2 Å². The highest BCUT2D eigenvalue weighted by Crippen LogP contribution is 2.22. The molecule has 1 aromatic rings. The highest BCUT2D eigenvalue weighted by atomic mass is 35.5. The SMILES string of the molecule is CC1OCCC1Nc1cnn(C(C)C)c(=O)c1Cl. The Labute approximate surface area is 111 Å². The van der Waals surface area contributed by atoms with Crippen molar-refractivity contribution in [3.63, 3.8) is 0 Å². The van der Waals surface area contributed by atoms with Crippen LogP contribution in [0.15, 0.2) is 11.0 Å². The zero-order valence-corrected chi connectivity index (χ0v) is 11.6. The number of anilines is 1. The maximum Gasteiger partial charge on any atom is 0.287 e. The monoisotopic (exact) mass is 271 g/mol. The van der Waals surface area contributed by atoms with Crippen molar-refractivity contribution in [2.45, 2.75) is 45.4 Å². The van der Waals surface area contributed by atoms with Crippen LogP contribution in [0.2, 0.25) is 5.02 Å². The molecule has 0 aliphatic carbocycles. The molecule has 1 N–H and O–H groups in total. The Morgan fingerprint density at radius 3 is 2.89 bits per heavy atom. The lowest BCUT2D eigenvalue weighted by Crippen LogP contribution is -2.30. The van der Waals surface area contributed by atoms with E-state index in [9.17, 15) is 4.79 Å². The first-order valence-corrected chi connectivity index (χ1v) is 6.54. The number of hydrogen-bond acceptors (Lipinski definition) is 4. The van der Waals surface area contributed by atoms with E-state index in [1.54, 1.807) is 6.20 Å². The molecule has 0 radical (unpaired) electrons. The summed E-state index contributed by atoms with van der Waals surface area (Å²) < 4.78 is 6.84. The van der Waals surface area contributed by atoms with Crippen molar-refractivity contribution in [1.29, 1.82) is 0 Å². The Bertz CT molecular complexity index is 487. The van der Waals surface area contributed by atoms with E-state index in [0.29, 0.717) is 5.69 Å². The summed E-state index contributed by atoms with van der Waals surface area (Å²) in [4.78, 5) is 12.0. The van der Waals surface area contributed by atoms with Gasteiger partial charge in [0.2, 0.25) is 0 Å². The molecule has 0 saturated carbocycles. The lowest BCUT2D eigenvalue weighted by Gasteiger charge is -2.18. The van der Waals surface area contributed by atoms with Crippen LogP contribution in [0, 0.1) is 0 Å². The van der Waals surface area contributed by atoms with Gasteiger partial charge >= 0.3 is 0 Å². The van der Waals surface area contributed by atoms with Crippen LogP contribution in [0.3, 0.4) is 0 Å². The molecule has 2 atom stereocenters. The molecule has 100 valence electrons. The quantitative estimate of drug-likeness (QED) is 0.914. The van der Waals surface area contributed by atoms with Crippen LogP contribution >= 0.6 is 11.6 Å². The van der Waals surface area contributed by atoms with Gasteiger partial charge in [-0.3, -0.25) is 4.79 Å². The first-order valence-electron chi connectivity index (χ1n) is 6.16. The van der Waals surface area contributed by atoms with E-state index in [1.807, 2.05) is 20.8 Å². The van der Waals surface area contributed by atoms with Gasteiger partial charge in [0.1, 0.15) is 5.02 Å². The van der Waals surface area contributed by atoms with Crippen molar-refractivity contribution in [3.8, 4) is 0 Å². The fourth-order valence-corrected chi connectivity index (χ4v) is 2.22. The Hall–Kier alpha value is -1.07. The Morgan fingerprint density at radius 1 is 1.61 bits per heavy atom. The third kappa shape index (κ3) is 2.52. The molecule has 2 heterocycles. The number of nitrogens with zero attached hydrogens (tertiary/aromatic N) is 2. The fraction of sp³-hybridized carbons (Fsp3) is 0.667. The van der Waals surface area contributed by atoms with Crippen LogP contribution < -0.4 is 10.9 Å². The summed E-state index contributed by atoms with van der Waals surface area (Å²) in [6.07, 6.45) is 2.63. The summed E-state index contributed by atoms with van der Waals surface area (Å²) in [7, 11) is 0. The Balaban J connectivity index is 2.24. The van der Waals surface area contributed by atoms with Crippen LogP contribution in [-0.4, -0.2) is 28.5 Å². The average Bonchev–Trinajstić information content (AvgIpc) is 2.70. The standard InChI is InChI=1S/C12H18ClN3O2/c1-7(2)16-12(17)11(13)10(6-14-16)15-9-4-5-18-8(9)3/h6-9,15H,4-5H2,1-3H3. The molecule has 2 unspecified atom stereocenters. The van der Waals surface area contributed by atoms with E-state index in [2.05, 4.69) is 10.4 Å². The summed E-state index contributed by atoms with van der Waals surface area (Å²) in [5.41, 5.74) is 0.323. The second-order valence-electron chi connectivity index (χ2n) is 4.83. The van der Waals surface area contributed by atoms with Crippen LogP contribution in [-0.2, 0) is 4.74 Å². The van der Waals surface area contributed by atoms with Gasteiger partial charge in [-0.1, -0.05) is 11.6 Å². The van der Waals surface area contributed by atoms with Crippen molar-refractivity contribution < 1.29 is 4.74 Å². The Morgan fingerprint density at radius 2 is 2.33 bits per heavy atom. The third-order valence-electron chi connectivity index (χ3n) is 3.15. The Kier molecular flexibility index (Phi) is 3.92. The summed E-state index contributed by atoms with van der Waals surface area (Å²) in [5, 5.41) is 7.55. The highest BCUT2D eigenvalue weighted by Gasteiger charge is 2.25. The fourth-order valence-electron chi connectivity index (χ4n) is 2.03. The lowest BCUT2D eigenvalue weighted by atomic mass is 10.1. The minimum absolute atomic E-state index is 0.00205. The van der Waals surface area contributed by atoms with E-state index < -0.39 is 0 Å². The molecule has 0 aromatic carbocycles. The molecule has 0 spiro atoms. The topological polar surface area (TPSA) is 56.1 Å². The predicted octanol–water partition coefficient (Wildman–Crippen LogP) is 2.07. The van der Waals surface area contributed by atoms with E-state index in [-0.39, 0.29) is 28.8 Å². The molecule has 1 aliphatic rings. The molecule has 1 fully saturated rings. The number of aromatic nitrogens is 2. The number of hydrogen-bond donors (Lipinski definition) is 1.